The van der Waals surface area contributed by atoms with Crippen LogP contribution in [0.1, 0.15) is 64.0 Å². The zero-order chi connectivity index (χ0) is 30.1. The van der Waals surface area contributed by atoms with Gasteiger partial charge in [0.1, 0.15) is 0 Å². The van der Waals surface area contributed by atoms with Crippen molar-refractivity contribution in [2.45, 2.75) is 76.7 Å². The minimum atomic E-state index is -2.70. The number of hydrogen-bond donors (Lipinski definition) is 1. The summed E-state index contributed by atoms with van der Waals surface area (Å²) in [5.41, 5.74) is 1.39. The normalized spacial score (nSPS) is 18.3. The fourth-order valence-corrected chi connectivity index (χ4v) is 11.3. The number of methoxy groups -OCH3 is 1. The number of benzene rings is 2. The molecule has 3 aromatic rings. The van der Waals surface area contributed by atoms with E-state index in [0.29, 0.717) is 6.61 Å². The van der Waals surface area contributed by atoms with Gasteiger partial charge in [-0.25, -0.2) is 9.48 Å². The quantitative estimate of drug-likeness (QED) is 0.190. The van der Waals surface area contributed by atoms with E-state index in [4.69, 9.17) is 9.16 Å². The van der Waals surface area contributed by atoms with E-state index in [1.165, 1.54) is 23.1 Å². The molecule has 2 aromatic carbocycles. The molecular weight excluding hydrogens is 547 g/mol. The molecule has 1 aliphatic rings. The lowest BCUT2D eigenvalue weighted by molar-refractivity contribution is 0.0594. The Morgan fingerprint density at radius 1 is 1.00 bits per heavy atom. The van der Waals surface area contributed by atoms with E-state index in [0.717, 1.165) is 12.8 Å². The molecule has 0 saturated heterocycles. The molecule has 0 fully saturated rings. The zero-order valence-corrected chi connectivity index (χ0v) is 27.7. The molecule has 220 valence electrons. The van der Waals surface area contributed by atoms with Gasteiger partial charge in [0.15, 0.2) is 14.0 Å². The average molecular weight is 592 g/mol. The first kappa shape index (κ1) is 31.1. The van der Waals surface area contributed by atoms with Gasteiger partial charge in [-0.1, -0.05) is 107 Å². The Hall–Kier alpha value is -2.86. The summed E-state index contributed by atoms with van der Waals surface area (Å²) in [5.74, 6) is -0.330. The molecule has 1 N–H and O–H groups in total. The third kappa shape index (κ3) is 6.33. The smallest absolute Gasteiger partial charge is 0.360 e. The van der Waals surface area contributed by atoms with Crippen molar-refractivity contribution < 1.29 is 18.8 Å². The molecule has 9 heteroatoms. The Morgan fingerprint density at radius 3 is 2.05 bits per heavy atom. The summed E-state index contributed by atoms with van der Waals surface area (Å²) in [4.78, 5) is 23.2. The van der Waals surface area contributed by atoms with Gasteiger partial charge < -0.3 is 14.0 Å². The van der Waals surface area contributed by atoms with Crippen LogP contribution in [-0.2, 0) is 9.16 Å². The van der Waals surface area contributed by atoms with Crippen molar-refractivity contribution in [2.24, 2.45) is 5.92 Å². The van der Waals surface area contributed by atoms with E-state index in [9.17, 15) is 9.59 Å². The van der Waals surface area contributed by atoms with Gasteiger partial charge in [0.2, 0.25) is 0 Å². The number of carbonyl (C=O) groups excluding carboxylic acids is 1. The number of ether oxygens (including phenoxy) is 1. The fraction of sp³-hybridized carbons (Fsp3) is 0.469. The van der Waals surface area contributed by atoms with Crippen molar-refractivity contribution in [3.05, 3.63) is 84.2 Å². The number of aromatic nitrogens is 3. The second-order valence-corrected chi connectivity index (χ2v) is 22.2. The van der Waals surface area contributed by atoms with E-state index in [1.54, 1.807) is 10.9 Å². The molecule has 1 aromatic heterocycles. The first-order valence-electron chi connectivity index (χ1n) is 14.4. The maximum Gasteiger partial charge on any atom is 0.360 e. The van der Waals surface area contributed by atoms with Crippen LogP contribution in [0.15, 0.2) is 78.5 Å². The van der Waals surface area contributed by atoms with Crippen LogP contribution in [0.4, 0.5) is 0 Å². The number of hydrogen-bond acceptors (Lipinski definition) is 6. The van der Waals surface area contributed by atoms with Crippen molar-refractivity contribution in [1.29, 1.82) is 0 Å². The maximum atomic E-state index is 12.1. The summed E-state index contributed by atoms with van der Waals surface area (Å²) < 4.78 is 13.9. The second kappa shape index (κ2) is 11.8. The topological polar surface area (TPSA) is 86.5 Å². The first-order chi connectivity index (χ1) is 19.2. The van der Waals surface area contributed by atoms with Crippen molar-refractivity contribution in [3.63, 3.8) is 0 Å². The Balaban J connectivity index is 1.71. The summed E-state index contributed by atoms with van der Waals surface area (Å²) in [6.45, 7) is 15.7. The Labute approximate surface area is 246 Å². The summed E-state index contributed by atoms with van der Waals surface area (Å²) >= 11 is 0. The van der Waals surface area contributed by atoms with Crippen LogP contribution >= 0.6 is 0 Å². The summed E-state index contributed by atoms with van der Waals surface area (Å²) in [7, 11) is -3.81. The highest BCUT2D eigenvalue weighted by Gasteiger charge is 2.50. The van der Waals surface area contributed by atoms with Gasteiger partial charge in [-0.15, -0.1) is 5.10 Å². The van der Waals surface area contributed by atoms with E-state index in [2.05, 4.69) is 112 Å². The van der Waals surface area contributed by atoms with Gasteiger partial charge in [-0.05, 0) is 57.9 Å². The van der Waals surface area contributed by atoms with Crippen molar-refractivity contribution in [3.8, 4) is 0 Å². The molecule has 41 heavy (non-hydrogen) atoms. The van der Waals surface area contributed by atoms with Crippen LogP contribution in [0.25, 0.3) is 0 Å². The molecular formula is C32H45N3O4Si2. The summed E-state index contributed by atoms with van der Waals surface area (Å²) in [6.07, 6.45) is 5.55. The van der Waals surface area contributed by atoms with Gasteiger partial charge in [-0.3, -0.25) is 0 Å². The molecule has 0 radical (unpaired) electrons. The van der Waals surface area contributed by atoms with Crippen LogP contribution in [0.2, 0.25) is 23.2 Å². The van der Waals surface area contributed by atoms with E-state index < -0.39 is 22.6 Å². The number of carbonyl (C=O) groups is 1. The number of allylic oxidation sites excluding steroid dienone is 1. The highest BCUT2D eigenvalue weighted by Crippen LogP contribution is 2.48. The number of nitrogens with zero attached hydrogens (tertiary/aromatic N) is 3. The number of esters is 1. The lowest BCUT2D eigenvalue weighted by atomic mass is 9.90. The van der Waals surface area contributed by atoms with Crippen LogP contribution in [0.5, 0.6) is 0 Å². The predicted octanol–water partition coefficient (Wildman–Crippen LogP) is 5.50. The minimum Gasteiger partial charge on any atom is -0.464 e. The molecule has 7 nitrogen and oxygen atoms in total. The van der Waals surface area contributed by atoms with Crippen molar-refractivity contribution >= 4 is 33.0 Å². The minimum absolute atomic E-state index is 0.103. The summed E-state index contributed by atoms with van der Waals surface area (Å²) in [6, 6.07) is 21.2. The Bertz CT molecular complexity index is 1320. The zero-order valence-electron chi connectivity index (χ0n) is 25.7. The first-order valence-corrected chi connectivity index (χ1v) is 19.2. The van der Waals surface area contributed by atoms with Gasteiger partial charge in [0.05, 0.1) is 26.0 Å². The average Bonchev–Trinajstić information content (AvgIpc) is 3.55. The molecule has 0 aliphatic heterocycles. The van der Waals surface area contributed by atoms with Gasteiger partial charge in [0, 0.05) is 0 Å². The molecule has 1 heterocycles. The molecule has 0 spiro atoms. The third-order valence-electron chi connectivity index (χ3n) is 8.94. The number of rotatable bonds is 10. The highest BCUT2D eigenvalue weighted by molar-refractivity contribution is 6.99. The van der Waals surface area contributed by atoms with E-state index in [1.807, 2.05) is 13.1 Å². The lowest BCUT2D eigenvalue weighted by Crippen LogP contribution is -2.66. The highest BCUT2D eigenvalue weighted by atomic mass is 28.4. The van der Waals surface area contributed by atoms with Crippen molar-refractivity contribution in [2.75, 3.05) is 13.7 Å². The van der Waals surface area contributed by atoms with Gasteiger partial charge in [-0.2, -0.15) is 0 Å². The predicted molar refractivity (Wildman–Crippen MR) is 169 cm³/mol. The van der Waals surface area contributed by atoms with Crippen LogP contribution in [0, 0.1) is 5.92 Å². The van der Waals surface area contributed by atoms with Gasteiger partial charge >= 0.3 is 5.97 Å². The van der Waals surface area contributed by atoms with E-state index in [-0.39, 0.29) is 27.7 Å². The standard InChI is InChI=1S/C32H45N3O4Si2/c1-31(2,3)41(26-15-11-9-12-16-26,27-17-13-10-14-18-27)39-23-24-19-25(21-32(4,5)40(7,8)37)29(20-24)35-22-28(33-34-35)30(36)38-6/h9-18,20,22,25,29,37H,19,21,23H2,1-8H3/t25-,29-/m1/s1. The Kier molecular flexibility index (Phi) is 8.94. The summed E-state index contributed by atoms with van der Waals surface area (Å²) in [5, 5.41) is 10.6. The molecule has 0 bridgehead atoms. The maximum absolute atomic E-state index is 12.1. The van der Waals surface area contributed by atoms with Crippen molar-refractivity contribution in [1.82, 2.24) is 15.0 Å². The van der Waals surface area contributed by atoms with Crippen LogP contribution < -0.4 is 10.4 Å². The van der Waals surface area contributed by atoms with Gasteiger partial charge in [0.25, 0.3) is 8.32 Å². The monoisotopic (exact) mass is 591 g/mol. The molecule has 4 rings (SSSR count). The molecule has 0 saturated carbocycles. The molecule has 2 atom stereocenters. The van der Waals surface area contributed by atoms with Crippen LogP contribution in [0.3, 0.4) is 0 Å². The SMILES string of the molecule is COC(=O)c1cn([C@@H]2C=C(CO[Si](c3ccccc3)(c3ccccc3)C(C)(C)C)C[C@@H]2CC(C)(C)[Si](C)(C)O)nn1. The van der Waals surface area contributed by atoms with E-state index >= 15 is 0 Å². The largest absolute Gasteiger partial charge is 0.464 e. The molecule has 1 aliphatic carbocycles. The molecule has 0 amide bonds. The van der Waals surface area contributed by atoms with Crippen LogP contribution in [-0.4, -0.2) is 56.1 Å². The molecule has 0 unspecified atom stereocenters. The third-order valence-corrected chi connectivity index (χ3v) is 17.4. The lowest BCUT2D eigenvalue weighted by Gasteiger charge is -2.43. The fourth-order valence-electron chi connectivity index (χ4n) is 5.98. The second-order valence-electron chi connectivity index (χ2n) is 13.5. The Morgan fingerprint density at radius 2 is 1.56 bits per heavy atom.